The third kappa shape index (κ3) is 2.79. The summed E-state index contributed by atoms with van der Waals surface area (Å²) in [6.07, 6.45) is 4.45. The van der Waals surface area contributed by atoms with Gasteiger partial charge in [0.05, 0.1) is 12.2 Å². The van der Waals surface area contributed by atoms with Crippen LogP contribution in [0.25, 0.3) is 0 Å². The molecule has 5 heteroatoms. The Bertz CT molecular complexity index is 445. The molecule has 0 unspecified atom stereocenters. The first-order chi connectivity index (χ1) is 8.72. The lowest BCUT2D eigenvalue weighted by Crippen LogP contribution is -2.20. The number of nitrogens with one attached hydrogen (secondary N) is 2. The minimum atomic E-state index is 0.0655. The van der Waals surface area contributed by atoms with Crippen LogP contribution in [-0.2, 0) is 17.6 Å². The molecule has 0 amide bonds. The van der Waals surface area contributed by atoms with Crippen LogP contribution in [0.2, 0.25) is 0 Å². The van der Waals surface area contributed by atoms with Gasteiger partial charge in [-0.15, -0.1) is 0 Å². The van der Waals surface area contributed by atoms with Crippen LogP contribution in [-0.4, -0.2) is 31.1 Å². The summed E-state index contributed by atoms with van der Waals surface area (Å²) in [6.45, 7) is 1.28. The lowest BCUT2D eigenvalue weighted by atomic mass is 9.94. The first-order valence-electron chi connectivity index (χ1n) is 6.32. The normalized spacial score (nSPS) is 14.1. The van der Waals surface area contributed by atoms with Crippen LogP contribution in [0.15, 0.2) is 6.07 Å². The van der Waals surface area contributed by atoms with Crippen molar-refractivity contribution >= 4 is 11.7 Å². The lowest BCUT2D eigenvalue weighted by Gasteiger charge is -2.19. The maximum Gasteiger partial charge on any atom is 0.137 e. The standard InChI is InChI=1S/C13H20N4O/c1-18-7-6-16-13-10(12(14)15)8-9-4-2-3-5-11(9)17-13/h8H,2-7H2,1H3,(H3,14,15)(H,16,17). The van der Waals surface area contributed by atoms with Crippen LogP contribution >= 0.6 is 0 Å². The van der Waals surface area contributed by atoms with Crippen LogP contribution in [0.1, 0.15) is 29.7 Å². The summed E-state index contributed by atoms with van der Waals surface area (Å²) in [5, 5.41) is 10.8. The van der Waals surface area contributed by atoms with E-state index in [0.717, 1.165) is 18.5 Å². The predicted molar refractivity (Wildman–Crippen MR) is 72.3 cm³/mol. The molecule has 0 atom stereocenters. The number of nitrogen functional groups attached to an aromatic ring is 1. The molecule has 0 saturated heterocycles. The van der Waals surface area contributed by atoms with E-state index in [1.165, 1.54) is 18.4 Å². The first kappa shape index (κ1) is 12.8. The fourth-order valence-electron chi connectivity index (χ4n) is 2.25. The fraction of sp³-hybridized carbons (Fsp3) is 0.538. The average Bonchev–Trinajstić information content (AvgIpc) is 2.38. The second-order valence-corrected chi connectivity index (χ2v) is 4.53. The van der Waals surface area contributed by atoms with E-state index in [1.807, 2.05) is 6.07 Å². The summed E-state index contributed by atoms with van der Waals surface area (Å²) in [7, 11) is 1.66. The summed E-state index contributed by atoms with van der Waals surface area (Å²) in [5.41, 5.74) is 8.71. The smallest absolute Gasteiger partial charge is 0.137 e. The van der Waals surface area contributed by atoms with Gasteiger partial charge in [-0.25, -0.2) is 4.98 Å². The van der Waals surface area contributed by atoms with Crippen molar-refractivity contribution < 1.29 is 4.74 Å². The number of anilines is 1. The number of nitrogens with two attached hydrogens (primary N) is 1. The van der Waals surface area contributed by atoms with Crippen molar-refractivity contribution in [3.05, 3.63) is 22.9 Å². The molecule has 1 heterocycles. The maximum absolute atomic E-state index is 7.64. The van der Waals surface area contributed by atoms with E-state index in [-0.39, 0.29) is 5.84 Å². The van der Waals surface area contributed by atoms with Crippen LogP contribution in [0.5, 0.6) is 0 Å². The molecule has 98 valence electrons. The van der Waals surface area contributed by atoms with Crippen molar-refractivity contribution in [2.75, 3.05) is 25.6 Å². The molecule has 1 aromatic heterocycles. The molecule has 0 radical (unpaired) electrons. The second-order valence-electron chi connectivity index (χ2n) is 4.53. The molecule has 2 rings (SSSR count). The summed E-state index contributed by atoms with van der Waals surface area (Å²) >= 11 is 0. The van der Waals surface area contributed by atoms with Gasteiger partial charge in [0.1, 0.15) is 11.7 Å². The van der Waals surface area contributed by atoms with Gasteiger partial charge in [0.25, 0.3) is 0 Å². The molecule has 0 aliphatic heterocycles. The topological polar surface area (TPSA) is 84.0 Å². The number of nitrogens with zero attached hydrogens (tertiary/aromatic N) is 1. The van der Waals surface area contributed by atoms with Gasteiger partial charge < -0.3 is 15.8 Å². The molecule has 0 fully saturated rings. The molecule has 0 spiro atoms. The monoisotopic (exact) mass is 248 g/mol. The Morgan fingerprint density at radius 3 is 3.00 bits per heavy atom. The van der Waals surface area contributed by atoms with Gasteiger partial charge in [-0.05, 0) is 37.3 Å². The Hall–Kier alpha value is -1.62. The summed E-state index contributed by atoms with van der Waals surface area (Å²) < 4.78 is 5.00. The zero-order chi connectivity index (χ0) is 13.0. The highest BCUT2D eigenvalue weighted by molar-refractivity contribution is 5.99. The molecule has 18 heavy (non-hydrogen) atoms. The quantitative estimate of drug-likeness (QED) is 0.416. The number of amidine groups is 1. The fourth-order valence-corrected chi connectivity index (χ4v) is 2.25. The van der Waals surface area contributed by atoms with E-state index in [4.69, 9.17) is 15.9 Å². The molecule has 0 saturated carbocycles. The first-order valence-corrected chi connectivity index (χ1v) is 6.32. The highest BCUT2D eigenvalue weighted by atomic mass is 16.5. The largest absolute Gasteiger partial charge is 0.384 e. The Labute approximate surface area is 107 Å². The molecule has 0 bridgehead atoms. The third-order valence-corrected chi connectivity index (χ3v) is 3.19. The predicted octanol–water partition coefficient (Wildman–Crippen LogP) is 1.30. The second kappa shape index (κ2) is 5.82. The van der Waals surface area contributed by atoms with Gasteiger partial charge in [-0.2, -0.15) is 0 Å². The van der Waals surface area contributed by atoms with Crippen LogP contribution in [0, 0.1) is 5.41 Å². The van der Waals surface area contributed by atoms with E-state index in [2.05, 4.69) is 10.3 Å². The molecule has 5 nitrogen and oxygen atoms in total. The van der Waals surface area contributed by atoms with Gasteiger partial charge in [-0.3, -0.25) is 5.41 Å². The number of hydrogen-bond donors (Lipinski definition) is 3. The van der Waals surface area contributed by atoms with E-state index >= 15 is 0 Å². The van der Waals surface area contributed by atoms with Gasteiger partial charge in [0.15, 0.2) is 0 Å². The highest BCUT2D eigenvalue weighted by Gasteiger charge is 2.16. The molecule has 1 aliphatic carbocycles. The number of fused-ring (bicyclic) bond motifs is 1. The van der Waals surface area contributed by atoms with Crippen LogP contribution < -0.4 is 11.1 Å². The van der Waals surface area contributed by atoms with E-state index in [9.17, 15) is 0 Å². The SMILES string of the molecule is COCCNc1nc2c(cc1C(=N)N)CCCC2. The minimum absolute atomic E-state index is 0.0655. The number of aromatic nitrogens is 1. The van der Waals surface area contributed by atoms with Gasteiger partial charge in [-0.1, -0.05) is 0 Å². The summed E-state index contributed by atoms with van der Waals surface area (Å²) in [5.74, 6) is 0.774. The highest BCUT2D eigenvalue weighted by Crippen LogP contribution is 2.24. The number of ether oxygens (including phenoxy) is 1. The van der Waals surface area contributed by atoms with Crippen molar-refractivity contribution in [3.8, 4) is 0 Å². The van der Waals surface area contributed by atoms with E-state index < -0.39 is 0 Å². The number of rotatable bonds is 5. The molecular weight excluding hydrogens is 228 g/mol. The zero-order valence-electron chi connectivity index (χ0n) is 10.8. The van der Waals surface area contributed by atoms with E-state index in [0.29, 0.717) is 24.5 Å². The van der Waals surface area contributed by atoms with Gasteiger partial charge >= 0.3 is 0 Å². The van der Waals surface area contributed by atoms with Crippen molar-refractivity contribution in [2.45, 2.75) is 25.7 Å². The number of aryl methyl sites for hydroxylation is 2. The average molecular weight is 248 g/mol. The van der Waals surface area contributed by atoms with Crippen molar-refractivity contribution in [1.82, 2.24) is 4.98 Å². The van der Waals surface area contributed by atoms with Crippen molar-refractivity contribution in [3.63, 3.8) is 0 Å². The van der Waals surface area contributed by atoms with Gasteiger partial charge in [0, 0.05) is 19.3 Å². The van der Waals surface area contributed by atoms with Crippen LogP contribution in [0.3, 0.4) is 0 Å². The molecule has 0 aromatic carbocycles. The Morgan fingerprint density at radius 2 is 2.28 bits per heavy atom. The molecular formula is C13H20N4O. The van der Waals surface area contributed by atoms with Crippen molar-refractivity contribution in [1.29, 1.82) is 5.41 Å². The molecule has 1 aromatic rings. The summed E-state index contributed by atoms with van der Waals surface area (Å²) in [4.78, 5) is 4.62. The lowest BCUT2D eigenvalue weighted by molar-refractivity contribution is 0.210. The Kier molecular flexibility index (Phi) is 4.15. The van der Waals surface area contributed by atoms with Gasteiger partial charge in [0.2, 0.25) is 0 Å². The number of methoxy groups -OCH3 is 1. The van der Waals surface area contributed by atoms with Crippen LogP contribution in [0.4, 0.5) is 5.82 Å². The maximum atomic E-state index is 7.64. The summed E-state index contributed by atoms with van der Waals surface area (Å²) in [6, 6.07) is 2.01. The molecule has 1 aliphatic rings. The minimum Gasteiger partial charge on any atom is -0.384 e. The molecule has 4 N–H and O–H groups in total. The Balaban J connectivity index is 2.27. The number of pyridine rings is 1. The van der Waals surface area contributed by atoms with Crippen molar-refractivity contribution in [2.24, 2.45) is 5.73 Å². The Morgan fingerprint density at radius 1 is 1.50 bits per heavy atom. The van der Waals surface area contributed by atoms with E-state index in [1.54, 1.807) is 7.11 Å². The zero-order valence-corrected chi connectivity index (χ0v) is 10.8. The number of hydrogen-bond acceptors (Lipinski definition) is 4. The third-order valence-electron chi connectivity index (χ3n) is 3.19.